The predicted octanol–water partition coefficient (Wildman–Crippen LogP) is 3.66. The molecule has 1 aromatic carbocycles. The standard InChI is InChI=1S/C26H33NO7/c1-7-11-34-18-10-9-16(13-19(18)31-5)22-21(26(30)33-8-2)15(4)27-17-12-14(3)20(25(29)32-6)24(28)23(17)22/h9-10,13-14,20,22,27H,7-8,11-12H2,1-6H3/t14-,20-,22-/m1/s1. The van der Waals surface area contributed by atoms with E-state index in [-0.39, 0.29) is 18.3 Å². The second-order valence-corrected chi connectivity index (χ2v) is 8.51. The minimum Gasteiger partial charge on any atom is -0.493 e. The molecule has 0 unspecified atom stereocenters. The van der Waals surface area contributed by atoms with Crippen molar-refractivity contribution in [1.82, 2.24) is 5.32 Å². The first kappa shape index (κ1) is 25.3. The first-order valence-corrected chi connectivity index (χ1v) is 11.6. The van der Waals surface area contributed by atoms with E-state index >= 15 is 0 Å². The largest absolute Gasteiger partial charge is 0.493 e. The summed E-state index contributed by atoms with van der Waals surface area (Å²) in [4.78, 5) is 39.3. The zero-order valence-electron chi connectivity index (χ0n) is 20.7. The van der Waals surface area contributed by atoms with Crippen LogP contribution < -0.4 is 14.8 Å². The summed E-state index contributed by atoms with van der Waals surface area (Å²) in [6, 6.07) is 5.37. The van der Waals surface area contributed by atoms with Crippen LogP contribution >= 0.6 is 0 Å². The predicted molar refractivity (Wildman–Crippen MR) is 125 cm³/mol. The van der Waals surface area contributed by atoms with Crippen molar-refractivity contribution in [2.45, 2.75) is 46.5 Å². The molecular weight excluding hydrogens is 438 g/mol. The highest BCUT2D eigenvalue weighted by Gasteiger charge is 2.47. The Morgan fingerprint density at radius 3 is 2.50 bits per heavy atom. The van der Waals surface area contributed by atoms with E-state index in [0.717, 1.165) is 6.42 Å². The van der Waals surface area contributed by atoms with Gasteiger partial charge in [0.15, 0.2) is 17.3 Å². The van der Waals surface area contributed by atoms with Gasteiger partial charge in [-0.3, -0.25) is 9.59 Å². The van der Waals surface area contributed by atoms with Gasteiger partial charge in [-0.1, -0.05) is 19.9 Å². The van der Waals surface area contributed by atoms with Crippen molar-refractivity contribution in [3.63, 3.8) is 0 Å². The zero-order valence-corrected chi connectivity index (χ0v) is 20.7. The minimum atomic E-state index is -0.941. The lowest BCUT2D eigenvalue weighted by Gasteiger charge is -2.38. The van der Waals surface area contributed by atoms with E-state index in [1.54, 1.807) is 33.1 Å². The van der Waals surface area contributed by atoms with Crippen molar-refractivity contribution >= 4 is 17.7 Å². The average Bonchev–Trinajstić information content (AvgIpc) is 2.81. The van der Waals surface area contributed by atoms with Crippen molar-refractivity contribution < 1.29 is 33.3 Å². The molecule has 0 fully saturated rings. The summed E-state index contributed by atoms with van der Waals surface area (Å²) < 4.78 is 21.6. The van der Waals surface area contributed by atoms with Crippen LogP contribution in [0.3, 0.4) is 0 Å². The third-order valence-electron chi connectivity index (χ3n) is 6.22. The number of esters is 2. The topological polar surface area (TPSA) is 100 Å². The minimum absolute atomic E-state index is 0.192. The Hall–Kier alpha value is -3.29. The highest BCUT2D eigenvalue weighted by atomic mass is 16.5. The summed E-state index contributed by atoms with van der Waals surface area (Å²) in [5.74, 6) is -2.29. The van der Waals surface area contributed by atoms with E-state index in [0.29, 0.717) is 52.6 Å². The normalized spacial score (nSPS) is 22.1. The number of ketones is 1. The molecule has 0 radical (unpaired) electrons. The van der Waals surface area contributed by atoms with E-state index in [1.807, 2.05) is 19.9 Å². The second-order valence-electron chi connectivity index (χ2n) is 8.51. The number of carbonyl (C=O) groups excluding carboxylic acids is 3. The van der Waals surface area contributed by atoms with Crippen molar-refractivity contribution in [2.24, 2.45) is 11.8 Å². The van der Waals surface area contributed by atoms with Crippen molar-refractivity contribution in [3.8, 4) is 11.5 Å². The fraction of sp³-hybridized carbons (Fsp3) is 0.500. The lowest BCUT2D eigenvalue weighted by atomic mass is 9.69. The number of Topliss-reactive ketones (excluding diaryl/α,β-unsaturated/α-hetero) is 1. The zero-order chi connectivity index (χ0) is 25.0. The molecule has 0 saturated heterocycles. The van der Waals surface area contributed by atoms with E-state index in [1.165, 1.54) is 7.11 Å². The summed E-state index contributed by atoms with van der Waals surface area (Å²) in [6.45, 7) is 8.10. The van der Waals surface area contributed by atoms with Crippen molar-refractivity contribution in [3.05, 3.63) is 46.3 Å². The molecule has 0 aromatic heterocycles. The van der Waals surface area contributed by atoms with Gasteiger partial charge in [-0.05, 0) is 50.3 Å². The molecule has 1 aliphatic heterocycles. The number of allylic oxidation sites excluding steroid dienone is 3. The number of methoxy groups -OCH3 is 2. The van der Waals surface area contributed by atoms with E-state index in [4.69, 9.17) is 18.9 Å². The van der Waals surface area contributed by atoms with E-state index in [9.17, 15) is 14.4 Å². The van der Waals surface area contributed by atoms with Crippen LogP contribution in [-0.2, 0) is 23.9 Å². The summed E-state index contributed by atoms with van der Waals surface area (Å²) in [5, 5.41) is 3.24. The molecule has 34 heavy (non-hydrogen) atoms. The molecule has 184 valence electrons. The van der Waals surface area contributed by atoms with Crippen LogP contribution in [0.2, 0.25) is 0 Å². The monoisotopic (exact) mass is 471 g/mol. The number of dihydropyridines is 1. The maximum absolute atomic E-state index is 13.7. The molecule has 1 aromatic rings. The molecule has 1 heterocycles. The van der Waals surface area contributed by atoms with Gasteiger partial charge < -0.3 is 24.3 Å². The van der Waals surface area contributed by atoms with Gasteiger partial charge in [0.05, 0.1) is 33.0 Å². The van der Waals surface area contributed by atoms with E-state index in [2.05, 4.69) is 5.32 Å². The number of rotatable bonds is 8. The van der Waals surface area contributed by atoms with Crippen LogP contribution in [0, 0.1) is 11.8 Å². The molecule has 0 bridgehead atoms. The van der Waals surface area contributed by atoms with Gasteiger partial charge in [-0.25, -0.2) is 4.79 Å². The third kappa shape index (κ3) is 4.67. The Bertz CT molecular complexity index is 1040. The van der Waals surface area contributed by atoms with Gasteiger partial charge in [0.2, 0.25) is 0 Å². The molecule has 0 amide bonds. The Morgan fingerprint density at radius 1 is 1.15 bits per heavy atom. The van der Waals surface area contributed by atoms with Gasteiger partial charge in [0.1, 0.15) is 5.92 Å². The Labute approximate surface area is 200 Å². The summed E-state index contributed by atoms with van der Waals surface area (Å²) in [7, 11) is 2.82. The van der Waals surface area contributed by atoms with Crippen LogP contribution in [0.25, 0.3) is 0 Å². The average molecular weight is 472 g/mol. The highest BCUT2D eigenvalue weighted by Crippen LogP contribution is 2.46. The molecule has 0 spiro atoms. The molecule has 0 saturated carbocycles. The molecule has 3 atom stereocenters. The number of carbonyl (C=O) groups is 3. The maximum Gasteiger partial charge on any atom is 0.336 e. The second kappa shape index (κ2) is 10.8. The number of ether oxygens (including phenoxy) is 4. The number of hydrogen-bond acceptors (Lipinski definition) is 8. The van der Waals surface area contributed by atoms with Crippen LogP contribution in [0.15, 0.2) is 40.7 Å². The first-order chi connectivity index (χ1) is 16.3. The smallest absolute Gasteiger partial charge is 0.336 e. The Kier molecular flexibility index (Phi) is 8.02. The fourth-order valence-electron chi connectivity index (χ4n) is 4.69. The van der Waals surface area contributed by atoms with E-state index < -0.39 is 23.8 Å². The lowest BCUT2D eigenvalue weighted by molar-refractivity contribution is -0.151. The molecule has 2 aliphatic rings. The van der Waals surface area contributed by atoms with Crippen LogP contribution in [-0.4, -0.2) is 45.2 Å². The van der Waals surface area contributed by atoms with Gasteiger partial charge in [-0.15, -0.1) is 0 Å². The van der Waals surface area contributed by atoms with Gasteiger partial charge in [-0.2, -0.15) is 0 Å². The number of nitrogens with one attached hydrogen (secondary N) is 1. The fourth-order valence-corrected chi connectivity index (χ4v) is 4.69. The number of benzene rings is 1. The molecule has 3 rings (SSSR count). The van der Waals surface area contributed by atoms with Crippen LogP contribution in [0.5, 0.6) is 11.5 Å². The first-order valence-electron chi connectivity index (χ1n) is 11.6. The molecule has 8 heteroatoms. The quantitative estimate of drug-likeness (QED) is 0.453. The summed E-state index contributed by atoms with van der Waals surface area (Å²) >= 11 is 0. The lowest BCUT2D eigenvalue weighted by Crippen LogP contribution is -2.43. The highest BCUT2D eigenvalue weighted by molar-refractivity contribution is 6.12. The van der Waals surface area contributed by atoms with Gasteiger partial charge in [0, 0.05) is 22.9 Å². The van der Waals surface area contributed by atoms with Crippen molar-refractivity contribution in [1.29, 1.82) is 0 Å². The number of hydrogen-bond donors (Lipinski definition) is 1. The van der Waals surface area contributed by atoms with Gasteiger partial charge >= 0.3 is 11.9 Å². The van der Waals surface area contributed by atoms with Crippen LogP contribution in [0.1, 0.15) is 52.0 Å². The SMILES string of the molecule is CCCOc1ccc([C@@H]2C(C(=O)OCC)=C(C)NC3=C2C(=O)[C@H](C(=O)OC)[C@H](C)C3)cc1OC. The van der Waals surface area contributed by atoms with Crippen LogP contribution in [0.4, 0.5) is 0 Å². The Balaban J connectivity index is 2.19. The van der Waals surface area contributed by atoms with Crippen molar-refractivity contribution in [2.75, 3.05) is 27.4 Å². The molecule has 8 nitrogen and oxygen atoms in total. The molecule has 1 aliphatic carbocycles. The Morgan fingerprint density at radius 2 is 1.88 bits per heavy atom. The molecular formula is C26H33NO7. The summed E-state index contributed by atoms with van der Waals surface area (Å²) in [5.41, 5.74) is 2.70. The maximum atomic E-state index is 13.7. The summed E-state index contributed by atoms with van der Waals surface area (Å²) in [6.07, 6.45) is 1.31. The molecule has 1 N–H and O–H groups in total. The third-order valence-corrected chi connectivity index (χ3v) is 6.22. The van der Waals surface area contributed by atoms with Gasteiger partial charge in [0.25, 0.3) is 0 Å².